The minimum absolute atomic E-state index is 0.0390. The lowest BCUT2D eigenvalue weighted by molar-refractivity contribution is -0.658. The molecule has 0 saturated carbocycles. The van der Waals surface area contributed by atoms with Crippen LogP contribution in [-0.4, -0.2) is 22.7 Å². The molecule has 0 unspecified atom stereocenters. The number of aromatic amines is 1. The second kappa shape index (κ2) is 9.13. The molecule has 0 saturated heterocycles. The second-order valence-corrected chi connectivity index (χ2v) is 6.81. The van der Waals surface area contributed by atoms with Crippen molar-refractivity contribution in [3.63, 3.8) is 0 Å². The fourth-order valence-electron chi connectivity index (χ4n) is 2.62. The fraction of sp³-hybridized carbons (Fsp3) is 0.143. The Balaban J connectivity index is 1.88. The number of aliphatic imine (C=N–C) groups is 1. The molecule has 6 nitrogen and oxygen atoms in total. The van der Waals surface area contributed by atoms with Gasteiger partial charge in [0.25, 0.3) is 5.69 Å². The number of halogens is 4. The maximum Gasteiger partial charge on any atom is 0.436 e. The Labute approximate surface area is 179 Å². The fourth-order valence-corrected chi connectivity index (χ4v) is 2.84. The molecule has 160 valence electrons. The van der Waals surface area contributed by atoms with E-state index in [1.807, 2.05) is 0 Å². The summed E-state index contributed by atoms with van der Waals surface area (Å²) in [5, 5.41) is 2.22. The van der Waals surface area contributed by atoms with Gasteiger partial charge in [0.05, 0.1) is 6.07 Å². The lowest BCUT2D eigenvalue weighted by Crippen LogP contribution is -2.39. The first-order chi connectivity index (χ1) is 14.7. The number of H-pyrrole nitrogens is 1. The molecular formula is C21H16ClF3N3O3+. The van der Waals surface area contributed by atoms with Crippen molar-refractivity contribution in [1.29, 1.82) is 0 Å². The van der Waals surface area contributed by atoms with Gasteiger partial charge in [-0.15, -0.1) is 0 Å². The van der Waals surface area contributed by atoms with Gasteiger partial charge in [-0.1, -0.05) is 58.7 Å². The van der Waals surface area contributed by atoms with Gasteiger partial charge in [0.1, 0.15) is 17.3 Å². The van der Waals surface area contributed by atoms with E-state index in [4.69, 9.17) is 16.3 Å². The molecule has 1 aromatic heterocycles. The van der Waals surface area contributed by atoms with Crippen LogP contribution in [0.2, 0.25) is 5.02 Å². The molecule has 0 bridgehead atoms. The molecule has 3 rings (SSSR count). The predicted molar refractivity (Wildman–Crippen MR) is 106 cm³/mol. The number of hydrogen-bond donors (Lipinski definition) is 1. The Morgan fingerprint density at radius 1 is 1.10 bits per heavy atom. The van der Waals surface area contributed by atoms with E-state index in [1.54, 1.807) is 42.5 Å². The van der Waals surface area contributed by atoms with Crippen LogP contribution >= 0.6 is 11.6 Å². The van der Waals surface area contributed by atoms with Crippen molar-refractivity contribution in [3.05, 3.63) is 82.6 Å². The number of nitrogens with one attached hydrogen (secondary N) is 1. The van der Waals surface area contributed by atoms with Crippen LogP contribution in [0.5, 0.6) is 0 Å². The number of para-hydroxylation sites is 1. The lowest BCUT2D eigenvalue weighted by Gasteiger charge is -2.04. The van der Waals surface area contributed by atoms with Crippen molar-refractivity contribution in [2.24, 2.45) is 4.99 Å². The van der Waals surface area contributed by atoms with Crippen molar-refractivity contribution < 1.29 is 32.2 Å². The smallest absolute Gasteiger partial charge is 0.436 e. The largest absolute Gasteiger partial charge is 0.456 e. The summed E-state index contributed by atoms with van der Waals surface area (Å²) in [5.41, 5.74) is -1.08. The minimum Gasteiger partial charge on any atom is -0.456 e. The average molecular weight is 451 g/mol. The first-order valence-electron chi connectivity index (χ1n) is 8.94. The van der Waals surface area contributed by atoms with Gasteiger partial charge < -0.3 is 4.74 Å². The summed E-state index contributed by atoms with van der Waals surface area (Å²) < 4.78 is 45.6. The summed E-state index contributed by atoms with van der Waals surface area (Å²) in [6.07, 6.45) is -4.74. The van der Waals surface area contributed by atoms with Gasteiger partial charge in [-0.25, -0.2) is 9.79 Å². The predicted octanol–water partition coefficient (Wildman–Crippen LogP) is 4.31. The van der Waals surface area contributed by atoms with Crippen LogP contribution in [0, 0.1) is 0 Å². The third-order valence-corrected chi connectivity index (χ3v) is 4.47. The number of benzene rings is 2. The Bertz CT molecular complexity index is 1140. The Morgan fingerprint density at radius 2 is 1.74 bits per heavy atom. The van der Waals surface area contributed by atoms with Crippen LogP contribution < -0.4 is 4.68 Å². The highest BCUT2D eigenvalue weighted by Crippen LogP contribution is 2.28. The molecule has 0 radical (unpaired) electrons. The maximum absolute atomic E-state index is 13.2. The second-order valence-electron chi connectivity index (χ2n) is 6.40. The third kappa shape index (κ3) is 5.37. The van der Waals surface area contributed by atoms with Crippen LogP contribution in [0.25, 0.3) is 5.69 Å². The van der Waals surface area contributed by atoms with Crippen LogP contribution in [0.1, 0.15) is 28.7 Å². The van der Waals surface area contributed by atoms with Crippen LogP contribution in [0.4, 0.5) is 13.2 Å². The normalized spacial score (nSPS) is 12.0. The number of carbonyl (C=O) groups excluding carboxylic acids is 2. The van der Waals surface area contributed by atoms with E-state index >= 15 is 0 Å². The molecule has 0 aliphatic carbocycles. The number of hydrogen-bond acceptors (Lipinski definition) is 3. The van der Waals surface area contributed by atoms with Gasteiger partial charge in [0.2, 0.25) is 0 Å². The maximum atomic E-state index is 13.2. The minimum atomic E-state index is -4.74. The molecule has 0 fully saturated rings. The number of carbonyl (C=O) groups is 2. The molecule has 1 amide bonds. The molecule has 0 spiro atoms. The van der Waals surface area contributed by atoms with Gasteiger partial charge in [-0.2, -0.15) is 18.3 Å². The molecule has 0 aliphatic rings. The van der Waals surface area contributed by atoms with E-state index in [0.717, 1.165) is 10.2 Å². The van der Waals surface area contributed by atoms with E-state index in [0.29, 0.717) is 6.07 Å². The van der Waals surface area contributed by atoms with Crippen molar-refractivity contribution in [3.8, 4) is 5.69 Å². The highest BCUT2D eigenvalue weighted by atomic mass is 35.5. The first kappa shape index (κ1) is 22.2. The van der Waals surface area contributed by atoms with Gasteiger partial charge in [-0.3, -0.25) is 4.79 Å². The number of ether oxygens (including phenoxy) is 1. The summed E-state index contributed by atoms with van der Waals surface area (Å²) in [4.78, 5) is 28.4. The highest BCUT2D eigenvalue weighted by molar-refractivity contribution is 6.37. The van der Waals surface area contributed by atoms with Gasteiger partial charge in [0.15, 0.2) is 5.69 Å². The van der Waals surface area contributed by atoms with Crippen LogP contribution in [0.3, 0.4) is 0 Å². The third-order valence-electron chi connectivity index (χ3n) is 4.15. The quantitative estimate of drug-likeness (QED) is 0.357. The van der Waals surface area contributed by atoms with E-state index in [1.165, 1.54) is 19.1 Å². The molecular weight excluding hydrogens is 435 g/mol. The van der Waals surface area contributed by atoms with Crippen molar-refractivity contribution in [1.82, 2.24) is 5.10 Å². The zero-order chi connectivity index (χ0) is 22.6. The summed E-state index contributed by atoms with van der Waals surface area (Å²) >= 11 is 6.07. The lowest BCUT2D eigenvalue weighted by atomic mass is 10.2. The molecule has 0 atom stereocenters. The molecule has 1 heterocycles. The summed E-state index contributed by atoms with van der Waals surface area (Å²) in [6.45, 7) is 1.20. The van der Waals surface area contributed by atoms with E-state index in [2.05, 4.69) is 10.1 Å². The molecule has 10 heteroatoms. The monoisotopic (exact) mass is 450 g/mol. The van der Waals surface area contributed by atoms with E-state index < -0.39 is 29.4 Å². The number of esters is 1. The summed E-state index contributed by atoms with van der Waals surface area (Å²) in [5.74, 6) is -1.94. The number of amides is 1. The Morgan fingerprint density at radius 3 is 2.39 bits per heavy atom. The first-order valence-corrected chi connectivity index (χ1v) is 9.32. The Kier molecular flexibility index (Phi) is 6.55. The van der Waals surface area contributed by atoms with Crippen molar-refractivity contribution in [2.75, 3.05) is 0 Å². The van der Waals surface area contributed by atoms with Crippen LogP contribution in [0.15, 0.2) is 65.7 Å². The molecule has 3 aromatic rings. The average Bonchev–Trinajstić information content (AvgIpc) is 3.19. The van der Waals surface area contributed by atoms with Gasteiger partial charge >= 0.3 is 23.7 Å². The Hall–Kier alpha value is -3.46. The highest BCUT2D eigenvalue weighted by Gasteiger charge is 2.40. The molecule has 2 aromatic carbocycles. The number of nitrogens with zero attached hydrogens (tertiary/aromatic N) is 2. The standard InChI is InChI=1S/C21H15ClF3N3O3/c1-13(20(30)31-12-14-7-3-2-4-8-14)26-19(29)17-11-18(21(23,24)25)27-28(17)16-10-6-5-9-15(16)22/h2-11H,12H2,1H3/p+1. The van der Waals surface area contributed by atoms with E-state index in [9.17, 15) is 22.8 Å². The zero-order valence-electron chi connectivity index (χ0n) is 16.1. The number of aromatic nitrogens is 2. The molecule has 31 heavy (non-hydrogen) atoms. The van der Waals surface area contributed by atoms with E-state index in [-0.39, 0.29) is 23.0 Å². The summed E-state index contributed by atoms with van der Waals surface area (Å²) in [7, 11) is 0. The van der Waals surface area contributed by atoms with Gasteiger partial charge in [0, 0.05) is 6.07 Å². The van der Waals surface area contributed by atoms with Crippen molar-refractivity contribution >= 4 is 29.2 Å². The molecule has 0 aliphatic heterocycles. The van der Waals surface area contributed by atoms with Gasteiger partial charge in [-0.05, 0) is 18.6 Å². The van der Waals surface area contributed by atoms with Crippen LogP contribution in [-0.2, 0) is 22.3 Å². The molecule has 1 N–H and O–H groups in total. The summed E-state index contributed by atoms with van der Waals surface area (Å²) in [6, 6.07) is 15.5. The number of rotatable bonds is 5. The van der Waals surface area contributed by atoms with Crippen molar-refractivity contribution in [2.45, 2.75) is 19.7 Å². The topological polar surface area (TPSA) is 75.4 Å². The number of alkyl halides is 3. The zero-order valence-corrected chi connectivity index (χ0v) is 16.9. The SMILES string of the molecule is CC(=NC(=O)c1cc(C(F)(F)F)[nH][n+]1-c1ccccc1Cl)C(=O)OCc1ccccc1.